The highest BCUT2D eigenvalue weighted by Crippen LogP contribution is 2.41. The highest BCUT2D eigenvalue weighted by molar-refractivity contribution is 6.65. The third kappa shape index (κ3) is 2.49. The van der Waals surface area contributed by atoms with Gasteiger partial charge < -0.3 is 18.1 Å². The van der Waals surface area contributed by atoms with Crippen LogP contribution >= 0.6 is 0 Å². The minimum atomic E-state index is -0.479. The summed E-state index contributed by atoms with van der Waals surface area (Å²) >= 11 is 0. The maximum atomic E-state index is 6.57. The Bertz CT molecular complexity index is 1720. The van der Waals surface area contributed by atoms with Crippen molar-refractivity contribution in [2.75, 3.05) is 0 Å². The van der Waals surface area contributed by atoms with Crippen LogP contribution < -0.4 is 5.46 Å². The van der Waals surface area contributed by atoms with Crippen LogP contribution in [0.25, 0.3) is 54.6 Å². The van der Waals surface area contributed by atoms with Gasteiger partial charge in [-0.1, -0.05) is 36.4 Å². The molecular formula is C28H23BO4. The maximum absolute atomic E-state index is 6.57. The molecule has 7 rings (SSSR count). The molecule has 2 aromatic heterocycles. The van der Waals surface area contributed by atoms with Crippen molar-refractivity contribution in [3.05, 3.63) is 66.7 Å². The van der Waals surface area contributed by atoms with Crippen LogP contribution in [0.5, 0.6) is 0 Å². The van der Waals surface area contributed by atoms with E-state index in [1.54, 1.807) is 0 Å². The molecule has 162 valence electrons. The molecule has 6 aromatic rings. The van der Waals surface area contributed by atoms with Crippen molar-refractivity contribution in [2.24, 2.45) is 0 Å². The van der Waals surface area contributed by atoms with Gasteiger partial charge in [0.25, 0.3) is 0 Å². The SMILES string of the molecule is CC1(C)OB(c2cccc3c2oc2c3ccc3c2ccc2c4ccccc4oc23)OC1(C)C. The fourth-order valence-electron chi connectivity index (χ4n) is 5.02. The molecule has 1 aliphatic heterocycles. The van der Waals surface area contributed by atoms with Crippen molar-refractivity contribution < 1.29 is 18.1 Å². The molecule has 0 aliphatic carbocycles. The zero-order valence-electron chi connectivity index (χ0n) is 19.1. The van der Waals surface area contributed by atoms with E-state index >= 15 is 0 Å². The van der Waals surface area contributed by atoms with Gasteiger partial charge in [-0.05, 0) is 58.0 Å². The highest BCUT2D eigenvalue weighted by Gasteiger charge is 2.52. The lowest BCUT2D eigenvalue weighted by molar-refractivity contribution is 0.00578. The third-order valence-electron chi connectivity index (χ3n) is 7.54. The van der Waals surface area contributed by atoms with E-state index in [2.05, 4.69) is 64.1 Å². The Labute approximate surface area is 191 Å². The van der Waals surface area contributed by atoms with E-state index in [1.807, 2.05) is 30.3 Å². The number of fused-ring (bicyclic) bond motifs is 9. The second-order valence-electron chi connectivity index (χ2n) is 9.99. The number of benzene rings is 4. The molecular weight excluding hydrogens is 411 g/mol. The summed E-state index contributed by atoms with van der Waals surface area (Å²) in [7, 11) is -0.479. The Kier molecular flexibility index (Phi) is 3.60. The second-order valence-corrected chi connectivity index (χ2v) is 9.99. The minimum absolute atomic E-state index is 0.411. The number of rotatable bonds is 1. The number of hydrogen-bond acceptors (Lipinski definition) is 4. The molecule has 0 amide bonds. The molecule has 0 bridgehead atoms. The summed E-state index contributed by atoms with van der Waals surface area (Å²) in [6, 6.07) is 22.9. The van der Waals surface area contributed by atoms with Crippen molar-refractivity contribution >= 4 is 67.2 Å². The molecule has 0 unspecified atom stereocenters. The van der Waals surface area contributed by atoms with Gasteiger partial charge in [-0.25, -0.2) is 0 Å². The minimum Gasteiger partial charge on any atom is -0.456 e. The quantitative estimate of drug-likeness (QED) is 0.263. The predicted molar refractivity (Wildman–Crippen MR) is 134 cm³/mol. The Hall–Kier alpha value is -3.28. The van der Waals surface area contributed by atoms with Crippen molar-refractivity contribution in [3.8, 4) is 0 Å². The third-order valence-corrected chi connectivity index (χ3v) is 7.54. The van der Waals surface area contributed by atoms with Crippen LogP contribution in [-0.2, 0) is 9.31 Å². The van der Waals surface area contributed by atoms with Crippen LogP contribution in [0.3, 0.4) is 0 Å². The zero-order chi connectivity index (χ0) is 22.5. The summed E-state index contributed by atoms with van der Waals surface area (Å²) < 4.78 is 25.5. The molecule has 5 heteroatoms. The summed E-state index contributed by atoms with van der Waals surface area (Å²) in [4.78, 5) is 0. The van der Waals surface area contributed by atoms with E-state index in [9.17, 15) is 0 Å². The molecule has 0 N–H and O–H groups in total. The maximum Gasteiger partial charge on any atom is 0.498 e. The van der Waals surface area contributed by atoms with E-state index in [0.717, 1.165) is 60.1 Å². The second kappa shape index (κ2) is 6.19. The summed E-state index contributed by atoms with van der Waals surface area (Å²) in [5.74, 6) is 0. The normalized spacial score (nSPS) is 17.9. The van der Waals surface area contributed by atoms with Crippen LogP contribution in [-0.4, -0.2) is 18.3 Å². The fourth-order valence-corrected chi connectivity index (χ4v) is 5.02. The molecule has 0 spiro atoms. The van der Waals surface area contributed by atoms with E-state index in [4.69, 9.17) is 18.1 Å². The summed E-state index contributed by atoms with van der Waals surface area (Å²) in [5.41, 5.74) is 3.55. The smallest absolute Gasteiger partial charge is 0.456 e. The van der Waals surface area contributed by atoms with E-state index in [-0.39, 0.29) is 0 Å². The van der Waals surface area contributed by atoms with Crippen LogP contribution in [0.4, 0.5) is 0 Å². The first kappa shape index (κ1) is 19.2. The van der Waals surface area contributed by atoms with Gasteiger partial charge in [0.15, 0.2) is 0 Å². The topological polar surface area (TPSA) is 44.7 Å². The first-order valence-corrected chi connectivity index (χ1v) is 11.4. The Morgan fingerprint density at radius 1 is 0.515 bits per heavy atom. The van der Waals surface area contributed by atoms with Crippen molar-refractivity contribution in [1.82, 2.24) is 0 Å². The number of hydrogen-bond donors (Lipinski definition) is 0. The number of furan rings is 2. The van der Waals surface area contributed by atoms with Gasteiger partial charge in [-0.2, -0.15) is 0 Å². The number of para-hydroxylation sites is 2. The van der Waals surface area contributed by atoms with Gasteiger partial charge in [0, 0.05) is 37.8 Å². The van der Waals surface area contributed by atoms with Crippen LogP contribution in [0.2, 0.25) is 0 Å². The van der Waals surface area contributed by atoms with Gasteiger partial charge in [-0.15, -0.1) is 0 Å². The largest absolute Gasteiger partial charge is 0.498 e. The molecule has 3 heterocycles. The van der Waals surface area contributed by atoms with E-state index in [1.165, 1.54) is 0 Å². The molecule has 0 atom stereocenters. The fraction of sp³-hybridized carbons (Fsp3) is 0.214. The molecule has 1 saturated heterocycles. The van der Waals surface area contributed by atoms with Gasteiger partial charge in [0.05, 0.1) is 11.2 Å². The van der Waals surface area contributed by atoms with Gasteiger partial charge in [0.2, 0.25) is 0 Å². The average molecular weight is 434 g/mol. The predicted octanol–water partition coefficient (Wildman–Crippen LogP) is 6.94. The molecule has 0 radical (unpaired) electrons. The summed E-state index contributed by atoms with van der Waals surface area (Å²) in [6.45, 7) is 8.27. The average Bonchev–Trinajstić information content (AvgIpc) is 3.42. The monoisotopic (exact) mass is 434 g/mol. The first-order valence-electron chi connectivity index (χ1n) is 11.4. The van der Waals surface area contributed by atoms with Crippen LogP contribution in [0.1, 0.15) is 27.7 Å². The van der Waals surface area contributed by atoms with Crippen molar-refractivity contribution in [2.45, 2.75) is 38.9 Å². The van der Waals surface area contributed by atoms with Gasteiger partial charge >= 0.3 is 7.12 Å². The summed E-state index contributed by atoms with van der Waals surface area (Å²) in [6.07, 6.45) is 0. The molecule has 4 aromatic carbocycles. The van der Waals surface area contributed by atoms with Crippen LogP contribution in [0.15, 0.2) is 75.6 Å². The van der Waals surface area contributed by atoms with E-state index < -0.39 is 18.3 Å². The zero-order valence-corrected chi connectivity index (χ0v) is 19.1. The molecule has 1 fully saturated rings. The van der Waals surface area contributed by atoms with E-state index in [0.29, 0.717) is 0 Å². The lowest BCUT2D eigenvalue weighted by Gasteiger charge is -2.32. The highest BCUT2D eigenvalue weighted by atomic mass is 16.7. The molecule has 4 nitrogen and oxygen atoms in total. The Morgan fingerprint density at radius 3 is 1.70 bits per heavy atom. The molecule has 33 heavy (non-hydrogen) atoms. The molecule has 0 saturated carbocycles. The first-order chi connectivity index (χ1) is 15.8. The standard InChI is InChI=1S/C28H23BO4/c1-27(2)28(3,4)33-29(32-27)22-10-7-9-17-19-14-15-20-21(25(19)31-26(17)22)13-12-18-16-8-5-6-11-23(16)30-24(18)20/h5-15H,1-4H3. The summed E-state index contributed by atoms with van der Waals surface area (Å²) in [5, 5.41) is 6.46. The van der Waals surface area contributed by atoms with Gasteiger partial charge in [0.1, 0.15) is 22.3 Å². The lowest BCUT2D eigenvalue weighted by Crippen LogP contribution is -2.41. The lowest BCUT2D eigenvalue weighted by atomic mass is 9.78. The van der Waals surface area contributed by atoms with Gasteiger partial charge in [-0.3, -0.25) is 0 Å². The molecule has 1 aliphatic rings. The van der Waals surface area contributed by atoms with Crippen molar-refractivity contribution in [3.63, 3.8) is 0 Å². The Balaban J connectivity index is 1.50. The van der Waals surface area contributed by atoms with Crippen molar-refractivity contribution in [1.29, 1.82) is 0 Å². The van der Waals surface area contributed by atoms with Crippen LogP contribution in [0, 0.1) is 0 Å². The Morgan fingerprint density at radius 2 is 1.03 bits per heavy atom.